The highest BCUT2D eigenvalue weighted by molar-refractivity contribution is 7.16. The number of thiophene rings is 1. The summed E-state index contributed by atoms with van der Waals surface area (Å²) in [6, 6.07) is 9.29. The van der Waals surface area contributed by atoms with Crippen molar-refractivity contribution in [1.82, 2.24) is 14.9 Å². The van der Waals surface area contributed by atoms with Gasteiger partial charge in [0.2, 0.25) is 5.91 Å². The number of aryl methyl sites for hydroxylation is 1. The Hall–Kier alpha value is -3.00. The summed E-state index contributed by atoms with van der Waals surface area (Å²) in [7, 11) is 0. The van der Waals surface area contributed by atoms with Crippen LogP contribution < -0.4 is 10.9 Å². The fourth-order valence-corrected chi connectivity index (χ4v) is 3.55. The maximum Gasteiger partial charge on any atom is 0.308 e. The molecule has 3 aromatic rings. The van der Waals surface area contributed by atoms with Crippen LogP contribution in [0.1, 0.15) is 11.1 Å². The van der Waals surface area contributed by atoms with Crippen LogP contribution in [0.5, 0.6) is 0 Å². The molecule has 0 aliphatic rings. The first-order valence-electron chi connectivity index (χ1n) is 8.41. The van der Waals surface area contributed by atoms with Crippen LogP contribution in [0.25, 0.3) is 10.2 Å². The molecule has 0 saturated carbocycles. The largest absolute Gasteiger partial charge is 0.481 e. The molecule has 2 heterocycles. The normalized spacial score (nSPS) is 12.0. The molecule has 7 nitrogen and oxygen atoms in total. The Morgan fingerprint density at radius 3 is 2.89 bits per heavy atom. The average molecular weight is 385 g/mol. The number of rotatable bonds is 7. The Bertz CT molecular complexity index is 1040. The van der Waals surface area contributed by atoms with E-state index in [-0.39, 0.29) is 18.6 Å². The summed E-state index contributed by atoms with van der Waals surface area (Å²) in [5.41, 5.74) is 1.67. The van der Waals surface area contributed by atoms with Gasteiger partial charge in [0.25, 0.3) is 5.56 Å². The van der Waals surface area contributed by atoms with Crippen molar-refractivity contribution in [3.05, 3.63) is 63.5 Å². The maximum absolute atomic E-state index is 12.3. The monoisotopic (exact) mass is 385 g/mol. The molecule has 8 heteroatoms. The van der Waals surface area contributed by atoms with Crippen LogP contribution >= 0.6 is 11.3 Å². The van der Waals surface area contributed by atoms with Crippen molar-refractivity contribution in [3.63, 3.8) is 0 Å². The molecule has 0 fully saturated rings. The van der Waals surface area contributed by atoms with Crippen molar-refractivity contribution in [2.45, 2.75) is 19.9 Å². The van der Waals surface area contributed by atoms with E-state index >= 15 is 0 Å². The molecule has 27 heavy (non-hydrogen) atoms. The van der Waals surface area contributed by atoms with Crippen LogP contribution in [0.2, 0.25) is 0 Å². The molecule has 1 aromatic carbocycles. The topological polar surface area (TPSA) is 101 Å². The molecule has 140 valence electrons. The molecule has 2 N–H and O–H groups in total. The summed E-state index contributed by atoms with van der Waals surface area (Å²) in [5, 5.41) is 14.3. The van der Waals surface area contributed by atoms with E-state index < -0.39 is 17.8 Å². The molecule has 1 unspecified atom stereocenters. The molecule has 3 rings (SSSR count). The number of aliphatic carboxylic acids is 1. The van der Waals surface area contributed by atoms with Crippen molar-refractivity contribution in [2.75, 3.05) is 6.54 Å². The first kappa shape index (κ1) is 18.8. The molecule has 2 aromatic heterocycles. The number of benzene rings is 1. The number of amides is 1. The van der Waals surface area contributed by atoms with E-state index in [9.17, 15) is 19.5 Å². The third-order valence-electron chi connectivity index (χ3n) is 4.22. The van der Waals surface area contributed by atoms with Crippen LogP contribution in [-0.4, -0.2) is 33.1 Å². The lowest BCUT2D eigenvalue weighted by Gasteiger charge is -2.14. The summed E-state index contributed by atoms with van der Waals surface area (Å²) in [6.45, 7) is 1.73. The number of carboxylic acid groups (broad SMARTS) is 1. The highest BCUT2D eigenvalue weighted by Gasteiger charge is 2.19. The fourth-order valence-electron chi connectivity index (χ4n) is 2.82. The van der Waals surface area contributed by atoms with E-state index in [0.717, 1.165) is 11.1 Å². The standard InChI is InChI=1S/C19H19N3O4S/c1-12-3-2-4-13(7-12)8-14(19(25)26)9-20-16(23)10-22-11-21-17-15(18(22)24)5-6-27-17/h2-7,11,14H,8-10H2,1H3,(H,20,23)(H,25,26). The van der Waals surface area contributed by atoms with E-state index in [1.165, 1.54) is 22.2 Å². The number of nitrogens with one attached hydrogen (secondary N) is 1. The van der Waals surface area contributed by atoms with Gasteiger partial charge in [0.1, 0.15) is 11.4 Å². The number of nitrogens with zero attached hydrogens (tertiary/aromatic N) is 2. The van der Waals surface area contributed by atoms with Crippen molar-refractivity contribution in [1.29, 1.82) is 0 Å². The van der Waals surface area contributed by atoms with E-state index in [0.29, 0.717) is 16.6 Å². The van der Waals surface area contributed by atoms with E-state index in [1.807, 2.05) is 31.2 Å². The molecule has 0 spiro atoms. The SMILES string of the molecule is Cc1cccc(CC(CNC(=O)Cn2cnc3sccc3c2=O)C(=O)O)c1. The first-order valence-corrected chi connectivity index (χ1v) is 9.29. The average Bonchev–Trinajstić information content (AvgIpc) is 3.10. The van der Waals surface area contributed by atoms with Gasteiger partial charge in [0.15, 0.2) is 0 Å². The minimum atomic E-state index is -0.977. The van der Waals surface area contributed by atoms with Gasteiger partial charge in [-0.25, -0.2) is 4.98 Å². The second-order valence-corrected chi connectivity index (χ2v) is 7.24. The van der Waals surface area contributed by atoms with Crippen molar-refractivity contribution >= 4 is 33.4 Å². The lowest BCUT2D eigenvalue weighted by atomic mass is 9.98. The zero-order chi connectivity index (χ0) is 19.4. The van der Waals surface area contributed by atoms with Gasteiger partial charge in [-0.15, -0.1) is 11.3 Å². The van der Waals surface area contributed by atoms with E-state index in [1.54, 1.807) is 11.4 Å². The van der Waals surface area contributed by atoms with Gasteiger partial charge in [0.05, 0.1) is 17.6 Å². The van der Waals surface area contributed by atoms with Crippen LogP contribution in [0.4, 0.5) is 0 Å². The predicted octanol–water partition coefficient (Wildman–Crippen LogP) is 1.83. The summed E-state index contributed by atoms with van der Waals surface area (Å²) < 4.78 is 1.22. The molecule has 1 atom stereocenters. The second-order valence-electron chi connectivity index (χ2n) is 6.35. The Balaban J connectivity index is 1.62. The van der Waals surface area contributed by atoms with E-state index in [4.69, 9.17) is 0 Å². The van der Waals surface area contributed by atoms with Gasteiger partial charge in [-0.05, 0) is 30.4 Å². The number of fused-ring (bicyclic) bond motifs is 1. The van der Waals surface area contributed by atoms with Gasteiger partial charge < -0.3 is 10.4 Å². The van der Waals surface area contributed by atoms with Crippen LogP contribution in [-0.2, 0) is 22.6 Å². The second kappa shape index (κ2) is 8.13. The van der Waals surface area contributed by atoms with Gasteiger partial charge in [-0.1, -0.05) is 29.8 Å². The molecular formula is C19H19N3O4S. The third kappa shape index (κ3) is 4.59. The van der Waals surface area contributed by atoms with Crippen LogP contribution in [0.15, 0.2) is 46.8 Å². The van der Waals surface area contributed by atoms with Crippen LogP contribution in [0, 0.1) is 12.8 Å². The Kier molecular flexibility index (Phi) is 5.66. The highest BCUT2D eigenvalue weighted by Crippen LogP contribution is 2.13. The number of aromatic nitrogens is 2. The van der Waals surface area contributed by atoms with Gasteiger partial charge in [-0.3, -0.25) is 19.0 Å². The maximum atomic E-state index is 12.3. The lowest BCUT2D eigenvalue weighted by molar-refractivity contribution is -0.141. The van der Waals surface area contributed by atoms with Gasteiger partial charge in [0, 0.05) is 6.54 Å². The molecule has 0 radical (unpaired) electrons. The van der Waals surface area contributed by atoms with Crippen LogP contribution in [0.3, 0.4) is 0 Å². The summed E-state index contributed by atoms with van der Waals surface area (Å²) in [4.78, 5) is 40.8. The fraction of sp³-hybridized carbons (Fsp3) is 0.263. The molecule has 0 saturated heterocycles. The zero-order valence-electron chi connectivity index (χ0n) is 14.7. The molecule has 0 bridgehead atoms. The molecule has 0 aliphatic heterocycles. The number of carbonyl (C=O) groups is 2. The summed E-state index contributed by atoms with van der Waals surface area (Å²) in [5.74, 6) is -2.15. The predicted molar refractivity (Wildman–Crippen MR) is 103 cm³/mol. The number of hydrogen-bond acceptors (Lipinski definition) is 5. The van der Waals surface area contributed by atoms with Crippen molar-refractivity contribution < 1.29 is 14.7 Å². The minimum absolute atomic E-state index is 0.00895. The molecule has 0 aliphatic carbocycles. The minimum Gasteiger partial charge on any atom is -0.481 e. The summed E-state index contributed by atoms with van der Waals surface area (Å²) >= 11 is 1.36. The number of carbonyl (C=O) groups excluding carboxylic acids is 1. The number of carboxylic acids is 1. The Morgan fingerprint density at radius 2 is 2.15 bits per heavy atom. The van der Waals surface area contributed by atoms with E-state index in [2.05, 4.69) is 10.3 Å². The lowest BCUT2D eigenvalue weighted by Crippen LogP contribution is -2.37. The van der Waals surface area contributed by atoms with Gasteiger partial charge in [-0.2, -0.15) is 0 Å². The first-order chi connectivity index (χ1) is 12.9. The zero-order valence-corrected chi connectivity index (χ0v) is 15.5. The highest BCUT2D eigenvalue weighted by atomic mass is 32.1. The van der Waals surface area contributed by atoms with Crippen molar-refractivity contribution in [2.24, 2.45) is 5.92 Å². The van der Waals surface area contributed by atoms with Crippen molar-refractivity contribution in [3.8, 4) is 0 Å². The quantitative estimate of drug-likeness (QED) is 0.646. The van der Waals surface area contributed by atoms with Gasteiger partial charge >= 0.3 is 5.97 Å². The summed E-state index contributed by atoms with van der Waals surface area (Å²) in [6.07, 6.45) is 1.65. The molecular weight excluding hydrogens is 366 g/mol. The third-order valence-corrected chi connectivity index (χ3v) is 5.04. The smallest absolute Gasteiger partial charge is 0.308 e. The Morgan fingerprint density at radius 1 is 1.33 bits per heavy atom. The molecule has 1 amide bonds. The Labute approximate surface area is 159 Å². The number of hydrogen-bond donors (Lipinski definition) is 2.